The molecule has 1 atom stereocenters. The molecule has 122 valence electrons. The van der Waals surface area contributed by atoms with Crippen LogP contribution in [0.5, 0.6) is 0 Å². The fourth-order valence-corrected chi connectivity index (χ4v) is 3.08. The van der Waals surface area contributed by atoms with Gasteiger partial charge in [0.25, 0.3) is 0 Å². The van der Waals surface area contributed by atoms with Crippen molar-refractivity contribution in [1.29, 1.82) is 0 Å². The van der Waals surface area contributed by atoms with Crippen LogP contribution in [0.1, 0.15) is 52.9 Å². The first kappa shape index (κ1) is 18.0. The van der Waals surface area contributed by atoms with E-state index in [1.807, 2.05) is 23.6 Å². The van der Waals surface area contributed by atoms with E-state index in [4.69, 9.17) is 5.11 Å². The van der Waals surface area contributed by atoms with Gasteiger partial charge in [0.2, 0.25) is 5.91 Å². The summed E-state index contributed by atoms with van der Waals surface area (Å²) >= 11 is 0. The van der Waals surface area contributed by atoms with Crippen molar-refractivity contribution in [2.45, 2.75) is 58.9 Å². The Labute approximate surface area is 128 Å². The zero-order valence-corrected chi connectivity index (χ0v) is 13.7. The lowest BCUT2D eigenvalue weighted by Gasteiger charge is -2.35. The molecule has 1 aliphatic carbocycles. The van der Waals surface area contributed by atoms with Crippen LogP contribution in [0.25, 0.3) is 0 Å². The van der Waals surface area contributed by atoms with Crippen LogP contribution >= 0.6 is 0 Å². The first-order valence-corrected chi connectivity index (χ1v) is 8.24. The minimum absolute atomic E-state index is 0.142. The first-order chi connectivity index (χ1) is 9.99. The molecule has 1 N–H and O–H groups in total. The van der Waals surface area contributed by atoms with Crippen molar-refractivity contribution in [3.63, 3.8) is 0 Å². The van der Waals surface area contributed by atoms with Gasteiger partial charge in [-0.25, -0.2) is 0 Å². The van der Waals surface area contributed by atoms with E-state index in [1.165, 1.54) is 19.3 Å². The van der Waals surface area contributed by atoms with Crippen molar-refractivity contribution in [1.82, 2.24) is 9.80 Å². The molecule has 0 aromatic heterocycles. The van der Waals surface area contributed by atoms with Gasteiger partial charge in [-0.05, 0) is 26.3 Å². The number of aliphatic carboxylic acids is 1. The summed E-state index contributed by atoms with van der Waals surface area (Å²) in [5.74, 6) is -1.10. The van der Waals surface area contributed by atoms with Crippen LogP contribution < -0.4 is 0 Å². The fraction of sp³-hybridized carbons (Fsp3) is 0.875. The van der Waals surface area contributed by atoms with Crippen LogP contribution in [-0.2, 0) is 9.59 Å². The molecule has 1 aliphatic rings. The second-order valence-electron chi connectivity index (χ2n) is 6.04. The summed E-state index contributed by atoms with van der Waals surface area (Å²) in [5.41, 5.74) is 0. The third-order valence-electron chi connectivity index (χ3n) is 4.44. The zero-order valence-electron chi connectivity index (χ0n) is 13.7. The van der Waals surface area contributed by atoms with Crippen LogP contribution in [0.4, 0.5) is 0 Å². The van der Waals surface area contributed by atoms with Crippen molar-refractivity contribution < 1.29 is 14.7 Å². The molecule has 0 saturated heterocycles. The molecule has 0 bridgehead atoms. The molecule has 0 heterocycles. The third-order valence-corrected chi connectivity index (χ3v) is 4.44. The van der Waals surface area contributed by atoms with Gasteiger partial charge in [0.1, 0.15) is 0 Å². The maximum absolute atomic E-state index is 12.5. The van der Waals surface area contributed by atoms with E-state index in [0.29, 0.717) is 25.7 Å². The Morgan fingerprint density at radius 2 is 1.76 bits per heavy atom. The molecule has 5 nitrogen and oxygen atoms in total. The summed E-state index contributed by atoms with van der Waals surface area (Å²) in [4.78, 5) is 27.4. The zero-order chi connectivity index (χ0) is 15.8. The lowest BCUT2D eigenvalue weighted by molar-refractivity contribution is -0.143. The van der Waals surface area contributed by atoms with Crippen molar-refractivity contribution >= 4 is 11.9 Å². The van der Waals surface area contributed by atoms with Crippen molar-refractivity contribution in [2.24, 2.45) is 5.92 Å². The van der Waals surface area contributed by atoms with Gasteiger partial charge in [0.05, 0.1) is 12.5 Å². The largest absolute Gasteiger partial charge is 0.481 e. The Balaban J connectivity index is 2.56. The number of carbonyl (C=O) groups is 2. The molecule has 1 unspecified atom stereocenters. The van der Waals surface area contributed by atoms with Gasteiger partial charge in [-0.2, -0.15) is 0 Å². The van der Waals surface area contributed by atoms with E-state index >= 15 is 0 Å². The second-order valence-corrected chi connectivity index (χ2v) is 6.04. The Morgan fingerprint density at radius 3 is 2.24 bits per heavy atom. The van der Waals surface area contributed by atoms with Gasteiger partial charge >= 0.3 is 5.97 Å². The molecule has 0 spiro atoms. The van der Waals surface area contributed by atoms with Gasteiger partial charge in [-0.15, -0.1) is 0 Å². The summed E-state index contributed by atoms with van der Waals surface area (Å²) in [6.07, 6.45) is 5.91. The fourth-order valence-electron chi connectivity index (χ4n) is 3.08. The summed E-state index contributed by atoms with van der Waals surface area (Å²) in [5, 5.41) is 9.00. The maximum atomic E-state index is 12.5. The van der Waals surface area contributed by atoms with E-state index < -0.39 is 11.9 Å². The van der Waals surface area contributed by atoms with E-state index in [2.05, 4.69) is 0 Å². The van der Waals surface area contributed by atoms with Crippen LogP contribution in [0.2, 0.25) is 0 Å². The van der Waals surface area contributed by atoms with Gasteiger partial charge < -0.3 is 10.0 Å². The number of rotatable bonds is 8. The normalized spacial score (nSPS) is 17.7. The summed E-state index contributed by atoms with van der Waals surface area (Å²) in [6, 6.07) is 0.381. The van der Waals surface area contributed by atoms with E-state index in [-0.39, 0.29) is 5.91 Å². The second kappa shape index (κ2) is 9.03. The SMILES string of the molecule is CCN(CC(=O)N(CC)C1CCCCC1)CC(C)C(=O)O. The van der Waals surface area contributed by atoms with Gasteiger partial charge in [-0.3, -0.25) is 14.5 Å². The molecule has 1 rings (SSSR count). The predicted octanol–water partition coefficient (Wildman–Crippen LogP) is 2.21. The summed E-state index contributed by atoms with van der Waals surface area (Å²) in [7, 11) is 0. The highest BCUT2D eigenvalue weighted by molar-refractivity contribution is 5.78. The van der Waals surface area contributed by atoms with Crippen molar-refractivity contribution in [3.8, 4) is 0 Å². The van der Waals surface area contributed by atoms with Gasteiger partial charge in [0.15, 0.2) is 0 Å². The molecule has 1 amide bonds. The highest BCUT2D eigenvalue weighted by atomic mass is 16.4. The molecule has 0 aromatic carbocycles. The number of hydrogen-bond donors (Lipinski definition) is 1. The van der Waals surface area contributed by atoms with E-state index in [9.17, 15) is 9.59 Å². The molecule has 1 saturated carbocycles. The number of carboxylic acids is 1. The van der Waals surface area contributed by atoms with Crippen LogP contribution in [-0.4, -0.2) is 59.0 Å². The topological polar surface area (TPSA) is 60.9 Å². The Morgan fingerprint density at radius 1 is 1.14 bits per heavy atom. The molecule has 21 heavy (non-hydrogen) atoms. The summed E-state index contributed by atoms with van der Waals surface area (Å²) < 4.78 is 0. The minimum Gasteiger partial charge on any atom is -0.481 e. The number of amides is 1. The van der Waals surface area contributed by atoms with Crippen LogP contribution in [0.15, 0.2) is 0 Å². The standard InChI is InChI=1S/C16H30N2O3/c1-4-17(11-13(3)16(20)21)12-15(19)18(5-2)14-9-7-6-8-10-14/h13-14H,4-12H2,1-3H3,(H,20,21). The third kappa shape index (κ3) is 5.65. The summed E-state index contributed by atoms with van der Waals surface area (Å²) in [6.45, 7) is 7.90. The monoisotopic (exact) mass is 298 g/mol. The number of carbonyl (C=O) groups excluding carboxylic acids is 1. The van der Waals surface area contributed by atoms with Crippen molar-refractivity contribution in [3.05, 3.63) is 0 Å². The minimum atomic E-state index is -0.805. The van der Waals surface area contributed by atoms with Crippen LogP contribution in [0, 0.1) is 5.92 Å². The van der Waals surface area contributed by atoms with E-state index in [1.54, 1.807) is 6.92 Å². The number of nitrogens with zero attached hydrogens (tertiary/aromatic N) is 2. The molecule has 0 aromatic rings. The number of likely N-dealkylation sites (N-methyl/N-ethyl adjacent to an activating group) is 2. The Hall–Kier alpha value is -1.10. The van der Waals surface area contributed by atoms with Gasteiger partial charge in [-0.1, -0.05) is 33.1 Å². The van der Waals surface area contributed by atoms with Gasteiger partial charge in [0, 0.05) is 19.1 Å². The molecule has 5 heteroatoms. The molecule has 0 aliphatic heterocycles. The molecular formula is C16H30N2O3. The smallest absolute Gasteiger partial charge is 0.307 e. The Bertz CT molecular complexity index is 340. The molecular weight excluding hydrogens is 268 g/mol. The maximum Gasteiger partial charge on any atom is 0.307 e. The molecule has 1 fully saturated rings. The number of carboxylic acid groups (broad SMARTS) is 1. The molecule has 0 radical (unpaired) electrons. The van der Waals surface area contributed by atoms with Crippen LogP contribution in [0.3, 0.4) is 0 Å². The number of hydrogen-bond acceptors (Lipinski definition) is 3. The highest BCUT2D eigenvalue weighted by Gasteiger charge is 2.26. The lowest BCUT2D eigenvalue weighted by Crippen LogP contribution is -2.47. The average molecular weight is 298 g/mol. The van der Waals surface area contributed by atoms with E-state index in [0.717, 1.165) is 19.4 Å². The predicted molar refractivity (Wildman–Crippen MR) is 83.2 cm³/mol. The van der Waals surface area contributed by atoms with Crippen molar-refractivity contribution in [2.75, 3.05) is 26.2 Å². The highest BCUT2D eigenvalue weighted by Crippen LogP contribution is 2.22. The average Bonchev–Trinajstić information content (AvgIpc) is 2.48. The lowest BCUT2D eigenvalue weighted by atomic mass is 9.94. The Kier molecular flexibility index (Phi) is 7.72. The first-order valence-electron chi connectivity index (χ1n) is 8.24. The quantitative estimate of drug-likeness (QED) is 0.746.